The van der Waals surface area contributed by atoms with E-state index in [9.17, 15) is 22.4 Å². The van der Waals surface area contributed by atoms with Crippen LogP contribution in [0.2, 0.25) is 0 Å². The summed E-state index contributed by atoms with van der Waals surface area (Å²) in [5.74, 6) is 0.899. The van der Waals surface area contributed by atoms with Crippen LogP contribution >= 0.6 is 0 Å². The number of alkyl halides is 4. The molecule has 1 amide bonds. The van der Waals surface area contributed by atoms with Crippen molar-refractivity contribution < 1.29 is 22.4 Å². The number of anilines is 1. The largest absolute Gasteiger partial charge is 0.416 e. The minimum atomic E-state index is -4.61. The molecule has 6 rings (SSSR count). The van der Waals surface area contributed by atoms with E-state index >= 15 is 0 Å². The molecule has 0 N–H and O–H groups in total. The molecule has 10 heteroatoms. The zero-order valence-corrected chi connectivity index (χ0v) is 20.5. The van der Waals surface area contributed by atoms with Gasteiger partial charge in [0.25, 0.3) is 5.91 Å². The quantitative estimate of drug-likeness (QED) is 0.431. The number of hydrogen-bond donors (Lipinski definition) is 0. The predicted molar refractivity (Wildman–Crippen MR) is 129 cm³/mol. The molecule has 1 aromatic heterocycles. The third kappa shape index (κ3) is 4.21. The molecule has 2 aromatic carbocycles. The van der Waals surface area contributed by atoms with Crippen molar-refractivity contribution in [2.24, 2.45) is 7.05 Å². The third-order valence-corrected chi connectivity index (χ3v) is 8.04. The lowest BCUT2D eigenvalue weighted by atomic mass is 9.95. The summed E-state index contributed by atoms with van der Waals surface area (Å²) in [6, 6.07) is 9.75. The van der Waals surface area contributed by atoms with E-state index in [-0.39, 0.29) is 36.1 Å². The van der Waals surface area contributed by atoms with Gasteiger partial charge in [0.1, 0.15) is 18.3 Å². The molecule has 1 aliphatic carbocycles. The smallest absolute Gasteiger partial charge is 0.320 e. The molecule has 1 unspecified atom stereocenters. The van der Waals surface area contributed by atoms with Gasteiger partial charge in [0.2, 0.25) is 0 Å². The summed E-state index contributed by atoms with van der Waals surface area (Å²) in [5.41, 5.74) is 1.25. The van der Waals surface area contributed by atoms with Crippen molar-refractivity contribution in [3.63, 3.8) is 0 Å². The molecule has 3 aliphatic rings. The highest BCUT2D eigenvalue weighted by molar-refractivity contribution is 6.10. The third-order valence-electron chi connectivity index (χ3n) is 8.04. The summed E-state index contributed by atoms with van der Waals surface area (Å²) >= 11 is 0. The maximum atomic E-state index is 14.2. The van der Waals surface area contributed by atoms with Gasteiger partial charge in [-0.15, -0.1) is 10.2 Å². The first-order chi connectivity index (χ1) is 17.6. The average Bonchev–Trinajstić information content (AvgIpc) is 3.14. The second kappa shape index (κ2) is 8.65. The van der Waals surface area contributed by atoms with Crippen LogP contribution < -0.4 is 4.90 Å². The Labute approximate surface area is 211 Å². The number of aromatic nitrogens is 3. The van der Waals surface area contributed by atoms with Crippen molar-refractivity contribution in [1.82, 2.24) is 19.7 Å². The minimum absolute atomic E-state index is 0.00738. The van der Waals surface area contributed by atoms with E-state index in [1.165, 1.54) is 4.90 Å². The van der Waals surface area contributed by atoms with E-state index < -0.39 is 29.9 Å². The highest BCUT2D eigenvalue weighted by atomic mass is 19.4. The normalized spacial score (nSPS) is 24.5. The van der Waals surface area contributed by atoms with Crippen molar-refractivity contribution in [3.05, 3.63) is 76.4 Å². The van der Waals surface area contributed by atoms with Gasteiger partial charge in [0, 0.05) is 43.3 Å². The van der Waals surface area contributed by atoms with Gasteiger partial charge in [-0.2, -0.15) is 13.2 Å². The Morgan fingerprint density at radius 2 is 1.95 bits per heavy atom. The molecule has 2 fully saturated rings. The Morgan fingerprint density at radius 3 is 2.62 bits per heavy atom. The number of carbonyl (C=O) groups excluding carboxylic acids is 1. The first kappa shape index (κ1) is 24.1. The second-order valence-corrected chi connectivity index (χ2v) is 10.4. The number of fused-ring (bicyclic) bond motifs is 1. The van der Waals surface area contributed by atoms with Crippen LogP contribution in [0.15, 0.2) is 42.7 Å². The fourth-order valence-electron chi connectivity index (χ4n) is 5.84. The number of benzene rings is 2. The van der Waals surface area contributed by atoms with Crippen molar-refractivity contribution in [2.45, 2.75) is 56.5 Å². The van der Waals surface area contributed by atoms with Gasteiger partial charge in [-0.25, -0.2) is 4.39 Å². The lowest BCUT2D eigenvalue weighted by molar-refractivity contribution is -0.138. The molecule has 2 aliphatic heterocycles. The van der Waals surface area contributed by atoms with Gasteiger partial charge in [0.05, 0.1) is 12.1 Å². The summed E-state index contributed by atoms with van der Waals surface area (Å²) < 4.78 is 58.1. The van der Waals surface area contributed by atoms with Crippen LogP contribution in [-0.4, -0.2) is 44.8 Å². The van der Waals surface area contributed by atoms with Gasteiger partial charge in [0.15, 0.2) is 0 Å². The van der Waals surface area contributed by atoms with Crippen molar-refractivity contribution in [3.8, 4) is 0 Å². The maximum absolute atomic E-state index is 14.2. The zero-order chi connectivity index (χ0) is 26.1. The maximum Gasteiger partial charge on any atom is 0.416 e. The van der Waals surface area contributed by atoms with E-state index in [2.05, 4.69) is 10.2 Å². The molecule has 37 heavy (non-hydrogen) atoms. The zero-order valence-electron chi connectivity index (χ0n) is 20.5. The van der Waals surface area contributed by atoms with E-state index in [1.54, 1.807) is 25.4 Å². The van der Waals surface area contributed by atoms with Gasteiger partial charge >= 0.3 is 6.18 Å². The van der Waals surface area contributed by atoms with Crippen LogP contribution in [0.25, 0.3) is 0 Å². The second-order valence-electron chi connectivity index (χ2n) is 10.4. The molecule has 0 radical (unpaired) electrons. The first-order valence-corrected chi connectivity index (χ1v) is 12.5. The SMILES string of the molecule is CC(c1cc2c(c(C(F)(F)F)c1)CN(c1cccc([C@H]3C[C@H]3c3nncn3C)c1)C2=O)N1CC[C@H](F)C1. The molecule has 3 aromatic rings. The van der Waals surface area contributed by atoms with Crippen molar-refractivity contribution in [2.75, 3.05) is 18.0 Å². The molecular formula is C27H27F4N5O. The summed E-state index contributed by atoms with van der Waals surface area (Å²) in [7, 11) is 1.90. The van der Waals surface area contributed by atoms with Crippen LogP contribution in [0.5, 0.6) is 0 Å². The summed E-state index contributed by atoms with van der Waals surface area (Å²) in [5, 5.41) is 8.15. The number of likely N-dealkylation sites (tertiary alicyclic amines) is 1. The highest BCUT2D eigenvalue weighted by Crippen LogP contribution is 2.54. The van der Waals surface area contributed by atoms with Crippen LogP contribution in [0.3, 0.4) is 0 Å². The summed E-state index contributed by atoms with van der Waals surface area (Å²) in [6.45, 7) is 2.28. The van der Waals surface area contributed by atoms with Gasteiger partial charge < -0.3 is 9.47 Å². The molecule has 6 nitrogen and oxygen atoms in total. The number of carbonyl (C=O) groups is 1. The molecule has 0 spiro atoms. The predicted octanol–water partition coefficient (Wildman–Crippen LogP) is 5.37. The van der Waals surface area contributed by atoms with Crippen LogP contribution in [-0.2, 0) is 19.8 Å². The molecule has 1 saturated carbocycles. The molecule has 4 atom stereocenters. The molecule has 194 valence electrons. The number of rotatable bonds is 5. The summed E-state index contributed by atoms with van der Waals surface area (Å²) in [6.07, 6.45) is -2.66. The first-order valence-electron chi connectivity index (χ1n) is 12.5. The van der Waals surface area contributed by atoms with E-state index in [0.717, 1.165) is 23.9 Å². The highest BCUT2D eigenvalue weighted by Gasteiger charge is 2.44. The van der Waals surface area contributed by atoms with Gasteiger partial charge in [-0.1, -0.05) is 12.1 Å². The van der Waals surface area contributed by atoms with E-state index in [4.69, 9.17) is 0 Å². The van der Waals surface area contributed by atoms with Crippen molar-refractivity contribution >= 4 is 11.6 Å². The Hall–Kier alpha value is -3.27. The molecule has 3 heterocycles. The van der Waals surface area contributed by atoms with Crippen LogP contribution in [0.1, 0.15) is 76.1 Å². The fraction of sp³-hybridized carbons (Fsp3) is 0.444. The summed E-state index contributed by atoms with van der Waals surface area (Å²) in [4.78, 5) is 16.7. The number of hydrogen-bond acceptors (Lipinski definition) is 4. The number of aryl methyl sites for hydroxylation is 1. The van der Waals surface area contributed by atoms with Crippen LogP contribution in [0, 0.1) is 0 Å². The number of nitrogens with zero attached hydrogens (tertiary/aromatic N) is 5. The van der Waals surface area contributed by atoms with Crippen LogP contribution in [0.4, 0.5) is 23.2 Å². The average molecular weight is 514 g/mol. The number of amides is 1. The Balaban J connectivity index is 1.31. The molecule has 0 bridgehead atoms. The fourth-order valence-corrected chi connectivity index (χ4v) is 5.84. The van der Waals surface area contributed by atoms with E-state index in [1.807, 2.05) is 34.7 Å². The Kier molecular flexibility index (Phi) is 5.63. The van der Waals surface area contributed by atoms with E-state index in [0.29, 0.717) is 24.2 Å². The van der Waals surface area contributed by atoms with Gasteiger partial charge in [-0.3, -0.25) is 9.69 Å². The minimum Gasteiger partial charge on any atom is -0.320 e. The molecule has 1 saturated heterocycles. The topological polar surface area (TPSA) is 54.3 Å². The lowest BCUT2D eigenvalue weighted by Crippen LogP contribution is -2.25. The molecular weight excluding hydrogens is 486 g/mol. The lowest BCUT2D eigenvalue weighted by Gasteiger charge is -2.25. The van der Waals surface area contributed by atoms with Crippen molar-refractivity contribution in [1.29, 1.82) is 0 Å². The Bertz CT molecular complexity index is 1370. The monoisotopic (exact) mass is 513 g/mol. The van der Waals surface area contributed by atoms with Gasteiger partial charge in [-0.05, 0) is 66.6 Å². The standard InChI is InChI=1S/C27H27F4N5O/c1-15(35-7-6-18(28)12-35)17-9-22-23(24(10-17)27(29,30)31)13-36(26(22)37)19-5-3-4-16(8-19)20-11-21(20)25-33-32-14-34(25)2/h3-5,8-10,14-15,18,20-21H,6-7,11-13H2,1-2H3/t15?,18-,20+,21+/m0/s1. The number of halogens is 4. The Morgan fingerprint density at radius 1 is 1.14 bits per heavy atom.